The lowest BCUT2D eigenvalue weighted by Crippen LogP contribution is -2.55. The van der Waals surface area contributed by atoms with Gasteiger partial charge in [-0.3, -0.25) is 19.0 Å². The van der Waals surface area contributed by atoms with E-state index in [-0.39, 0.29) is 22.4 Å². The fourth-order valence-corrected chi connectivity index (χ4v) is 4.05. The molecule has 2 heterocycles. The minimum absolute atomic E-state index is 0.00210. The Bertz CT molecular complexity index is 1060. The van der Waals surface area contributed by atoms with Gasteiger partial charge in [-0.1, -0.05) is 11.6 Å². The Morgan fingerprint density at radius 1 is 1.10 bits per heavy atom. The highest BCUT2D eigenvalue weighted by atomic mass is 79.9. The van der Waals surface area contributed by atoms with Crippen molar-refractivity contribution in [1.29, 1.82) is 0 Å². The van der Waals surface area contributed by atoms with Crippen LogP contribution in [0, 0.1) is 11.6 Å². The molecule has 0 saturated carbocycles. The average molecular weight is 526 g/mol. The van der Waals surface area contributed by atoms with Crippen molar-refractivity contribution in [2.45, 2.75) is 45.3 Å². The molecule has 31 heavy (non-hydrogen) atoms. The van der Waals surface area contributed by atoms with Gasteiger partial charge in [0.1, 0.15) is 5.52 Å². The first-order valence-corrected chi connectivity index (χ1v) is 10.0. The van der Waals surface area contributed by atoms with E-state index in [9.17, 15) is 23.2 Å². The van der Waals surface area contributed by atoms with Crippen LogP contribution in [0.5, 0.6) is 0 Å². The van der Waals surface area contributed by atoms with Crippen LogP contribution in [0.3, 0.4) is 0 Å². The number of carbonyl (C=O) groups excluding carboxylic acids is 3. The molecule has 9 nitrogen and oxygen atoms in total. The molecule has 1 aliphatic heterocycles. The van der Waals surface area contributed by atoms with Gasteiger partial charge in [0.15, 0.2) is 40.9 Å². The van der Waals surface area contributed by atoms with Crippen molar-refractivity contribution in [2.75, 3.05) is 6.61 Å². The number of hydrogen-bond acceptors (Lipinski definition) is 8. The first-order chi connectivity index (χ1) is 14.5. The Hall–Kier alpha value is -2.31. The number of esters is 3. The molecule has 0 bridgehead atoms. The predicted molar refractivity (Wildman–Crippen MR) is 104 cm³/mol. The Labute approximate surface area is 187 Å². The number of aromatic nitrogens is 2. The van der Waals surface area contributed by atoms with E-state index >= 15 is 0 Å². The van der Waals surface area contributed by atoms with Gasteiger partial charge in [0, 0.05) is 20.8 Å². The summed E-state index contributed by atoms with van der Waals surface area (Å²) < 4.78 is 51.0. The average Bonchev–Trinajstić information content (AvgIpc) is 2.97. The van der Waals surface area contributed by atoms with Crippen LogP contribution in [0.2, 0.25) is 5.02 Å². The van der Waals surface area contributed by atoms with Gasteiger partial charge in [0.05, 0.1) is 17.1 Å². The van der Waals surface area contributed by atoms with Crippen LogP contribution < -0.4 is 0 Å². The highest BCUT2D eigenvalue weighted by Gasteiger charge is 2.48. The summed E-state index contributed by atoms with van der Waals surface area (Å²) >= 11 is 8.94. The van der Waals surface area contributed by atoms with Gasteiger partial charge in [0.2, 0.25) is 0 Å². The van der Waals surface area contributed by atoms with E-state index in [1.54, 1.807) is 0 Å². The van der Waals surface area contributed by atoms with E-state index in [0.717, 1.165) is 26.8 Å². The normalized spacial score (nSPS) is 23.5. The topological polar surface area (TPSA) is 106 Å². The fourth-order valence-electron chi connectivity index (χ4n) is 3.29. The second-order valence-corrected chi connectivity index (χ2v) is 7.74. The number of halogens is 4. The first kappa shape index (κ1) is 23.4. The van der Waals surface area contributed by atoms with Gasteiger partial charge >= 0.3 is 17.9 Å². The van der Waals surface area contributed by atoms with Crippen LogP contribution >= 0.6 is 27.5 Å². The lowest BCUT2D eigenvalue weighted by atomic mass is 10.0. The number of nitrogens with zero attached hydrogens (tertiary/aromatic N) is 2. The number of fused-ring (bicyclic) bond motifs is 1. The summed E-state index contributed by atoms with van der Waals surface area (Å²) in [4.78, 5) is 38.9. The molecule has 2 aromatic rings. The van der Waals surface area contributed by atoms with E-state index in [1.165, 1.54) is 4.57 Å². The van der Waals surface area contributed by atoms with E-state index in [0.29, 0.717) is 0 Å². The standard InChI is InChI=1S/C18H16BrClF2N2O7/c1-6(25)29-11-5-28-17(16(31-8(3)27)15(11)30-7(2)26)24-10-4-9(20)12(21)13(22)14(10)23-18(24)19/h4,11,15-17H,5H2,1-3H3/t11-,15-,16-,17-/m1/s1. The number of benzene rings is 1. The van der Waals surface area contributed by atoms with Crippen LogP contribution in [-0.2, 0) is 33.3 Å². The molecular weight excluding hydrogens is 510 g/mol. The van der Waals surface area contributed by atoms with Crippen molar-refractivity contribution in [3.05, 3.63) is 27.5 Å². The summed E-state index contributed by atoms with van der Waals surface area (Å²) in [6.07, 6.45) is -4.90. The lowest BCUT2D eigenvalue weighted by Gasteiger charge is -2.41. The molecule has 1 aromatic heterocycles. The molecule has 4 atom stereocenters. The number of rotatable bonds is 4. The summed E-state index contributed by atoms with van der Waals surface area (Å²) in [7, 11) is 0. The maximum atomic E-state index is 14.4. The third-order valence-electron chi connectivity index (χ3n) is 4.36. The van der Waals surface area contributed by atoms with Gasteiger partial charge in [-0.15, -0.1) is 0 Å². The second-order valence-electron chi connectivity index (χ2n) is 6.62. The quantitative estimate of drug-likeness (QED) is 0.341. The minimum Gasteiger partial charge on any atom is -0.456 e. The van der Waals surface area contributed by atoms with Crippen LogP contribution in [0.4, 0.5) is 8.78 Å². The molecule has 3 rings (SSSR count). The van der Waals surface area contributed by atoms with E-state index in [4.69, 9.17) is 30.5 Å². The van der Waals surface area contributed by atoms with Crippen LogP contribution in [-0.4, -0.2) is 52.4 Å². The number of carbonyl (C=O) groups is 3. The number of ether oxygens (including phenoxy) is 4. The fraction of sp³-hybridized carbons (Fsp3) is 0.444. The molecule has 0 N–H and O–H groups in total. The monoisotopic (exact) mass is 524 g/mol. The van der Waals surface area contributed by atoms with Gasteiger partial charge in [-0.2, -0.15) is 0 Å². The lowest BCUT2D eigenvalue weighted by molar-refractivity contribution is -0.239. The maximum Gasteiger partial charge on any atom is 0.303 e. The van der Waals surface area contributed by atoms with Crippen molar-refractivity contribution < 1.29 is 42.1 Å². The summed E-state index contributed by atoms with van der Waals surface area (Å²) in [6.45, 7) is 3.13. The van der Waals surface area contributed by atoms with Crippen molar-refractivity contribution in [3.8, 4) is 0 Å². The van der Waals surface area contributed by atoms with Gasteiger partial charge in [0.25, 0.3) is 0 Å². The molecule has 1 aromatic carbocycles. The van der Waals surface area contributed by atoms with E-state index in [2.05, 4.69) is 20.9 Å². The predicted octanol–water partition coefficient (Wildman–Crippen LogP) is 3.05. The Kier molecular flexibility index (Phi) is 6.82. The first-order valence-electron chi connectivity index (χ1n) is 8.85. The number of hydrogen-bond donors (Lipinski definition) is 0. The van der Waals surface area contributed by atoms with Gasteiger partial charge in [-0.05, 0) is 22.0 Å². The SMILES string of the molecule is CC(=O)O[C@@H]1[C@H](OC(C)=O)[C@H](OC(C)=O)CO[C@H]1n1c(Br)nc2c(F)c(F)c(Cl)cc21. The van der Waals surface area contributed by atoms with Gasteiger partial charge in [-0.25, -0.2) is 13.8 Å². The zero-order chi connectivity index (χ0) is 23.0. The number of imidazole rings is 1. The molecule has 0 aliphatic carbocycles. The smallest absolute Gasteiger partial charge is 0.303 e. The Morgan fingerprint density at radius 3 is 2.26 bits per heavy atom. The third kappa shape index (κ3) is 4.65. The summed E-state index contributed by atoms with van der Waals surface area (Å²) in [5.74, 6) is -4.72. The summed E-state index contributed by atoms with van der Waals surface area (Å²) in [5, 5.41) is -0.507. The minimum atomic E-state index is -1.33. The molecule has 1 aliphatic rings. The van der Waals surface area contributed by atoms with Crippen molar-refractivity contribution in [3.63, 3.8) is 0 Å². The highest BCUT2D eigenvalue weighted by Crippen LogP contribution is 2.37. The second kappa shape index (κ2) is 9.05. The van der Waals surface area contributed by atoms with Crippen molar-refractivity contribution >= 4 is 56.5 Å². The molecule has 0 unspecified atom stereocenters. The molecule has 1 saturated heterocycles. The van der Waals surface area contributed by atoms with Crippen LogP contribution in [0.15, 0.2) is 10.8 Å². The molecule has 0 spiro atoms. The zero-order valence-corrected chi connectivity index (χ0v) is 18.7. The largest absolute Gasteiger partial charge is 0.456 e. The molecule has 13 heteroatoms. The molecule has 1 fully saturated rings. The molecular formula is C18H16BrClF2N2O7. The summed E-state index contributed by atoms with van der Waals surface area (Å²) in [5.41, 5.74) is -0.337. The summed E-state index contributed by atoms with van der Waals surface area (Å²) in [6, 6.07) is 1.13. The zero-order valence-electron chi connectivity index (χ0n) is 16.4. The van der Waals surface area contributed by atoms with Crippen molar-refractivity contribution in [1.82, 2.24) is 9.55 Å². The molecule has 0 amide bonds. The third-order valence-corrected chi connectivity index (χ3v) is 5.19. The molecule has 0 radical (unpaired) electrons. The van der Waals surface area contributed by atoms with Crippen LogP contribution in [0.25, 0.3) is 11.0 Å². The van der Waals surface area contributed by atoms with E-state index < -0.39 is 59.1 Å². The van der Waals surface area contributed by atoms with Gasteiger partial charge < -0.3 is 18.9 Å². The Balaban J connectivity index is 2.15. The highest BCUT2D eigenvalue weighted by molar-refractivity contribution is 9.10. The van der Waals surface area contributed by atoms with Crippen molar-refractivity contribution in [2.24, 2.45) is 0 Å². The van der Waals surface area contributed by atoms with Crippen LogP contribution in [0.1, 0.15) is 27.0 Å². The Morgan fingerprint density at radius 2 is 1.68 bits per heavy atom. The molecule has 168 valence electrons. The maximum absolute atomic E-state index is 14.4. The van der Waals surface area contributed by atoms with E-state index in [1.807, 2.05) is 0 Å².